The van der Waals surface area contributed by atoms with Gasteiger partial charge >= 0.3 is 0 Å². The standard InChI is InChI=1S/C35H30FN5O4S/c1-18-39-40-34(45-18)29-23(13-10-19-8-11-20(36)12-9-19)37-32-25-7-4-16-41(25)35(44)31(32)30(29)27-14-15-28(46-27)33(43)38-24-17-26(42)22-6-3-2-5-21(22)24/h2-3,5-6,8-9,11-12,14-15,24-26,42H,4,7,10,13,16-17H2,1H3,(H,38,43)/t24-,25-,26-/m0/s1. The van der Waals surface area contributed by atoms with Crippen LogP contribution in [-0.4, -0.2) is 43.5 Å². The monoisotopic (exact) mass is 635 g/mol. The van der Waals surface area contributed by atoms with Gasteiger partial charge in [-0.25, -0.2) is 4.39 Å². The Kier molecular flexibility index (Phi) is 7.02. The molecule has 3 aromatic heterocycles. The molecule has 3 aliphatic rings. The van der Waals surface area contributed by atoms with Crippen LogP contribution in [0, 0.1) is 12.7 Å². The molecule has 46 heavy (non-hydrogen) atoms. The molecule has 8 rings (SSSR count). The summed E-state index contributed by atoms with van der Waals surface area (Å²) in [4.78, 5) is 35.8. The maximum atomic E-state index is 14.0. The van der Waals surface area contributed by atoms with E-state index >= 15 is 0 Å². The molecule has 2 aromatic carbocycles. The molecular weight excluding hydrogens is 605 g/mol. The second-order valence-electron chi connectivity index (χ2n) is 12.0. The van der Waals surface area contributed by atoms with Crippen molar-refractivity contribution in [3.63, 3.8) is 0 Å². The van der Waals surface area contributed by atoms with Crippen LogP contribution in [0.4, 0.5) is 4.39 Å². The number of pyridine rings is 1. The van der Waals surface area contributed by atoms with Crippen LogP contribution in [0.3, 0.4) is 0 Å². The summed E-state index contributed by atoms with van der Waals surface area (Å²) in [6.07, 6.45) is 2.59. The van der Waals surface area contributed by atoms with Crippen molar-refractivity contribution in [2.45, 2.75) is 57.2 Å². The van der Waals surface area contributed by atoms with Crippen molar-refractivity contribution in [2.75, 3.05) is 6.54 Å². The molecule has 0 radical (unpaired) electrons. The van der Waals surface area contributed by atoms with Crippen molar-refractivity contribution < 1.29 is 23.5 Å². The van der Waals surface area contributed by atoms with Crippen LogP contribution in [0.2, 0.25) is 0 Å². The number of aliphatic hydroxyl groups excluding tert-OH is 1. The van der Waals surface area contributed by atoms with Crippen LogP contribution in [0.15, 0.2) is 65.1 Å². The first kappa shape index (κ1) is 28.7. The second-order valence-corrected chi connectivity index (χ2v) is 13.1. The molecule has 232 valence electrons. The molecule has 1 saturated heterocycles. The zero-order valence-corrected chi connectivity index (χ0v) is 25.8. The SMILES string of the molecule is Cc1nnc(-c2c(CCc3ccc(F)cc3)nc3c(c2-c2ccc(C(=O)N[C@H]4C[C@H](O)c5ccccc54)s2)C(=O)N2CCC[C@@H]32)o1. The summed E-state index contributed by atoms with van der Waals surface area (Å²) in [7, 11) is 0. The number of aryl methyl sites for hydroxylation is 3. The smallest absolute Gasteiger partial charge is 0.261 e. The van der Waals surface area contributed by atoms with E-state index in [1.807, 2.05) is 35.2 Å². The highest BCUT2D eigenvalue weighted by atomic mass is 32.1. The van der Waals surface area contributed by atoms with Crippen LogP contribution in [-0.2, 0) is 12.8 Å². The molecule has 2 aliphatic heterocycles. The van der Waals surface area contributed by atoms with Gasteiger partial charge in [0, 0.05) is 30.3 Å². The maximum Gasteiger partial charge on any atom is 0.261 e. The van der Waals surface area contributed by atoms with E-state index in [2.05, 4.69) is 15.5 Å². The van der Waals surface area contributed by atoms with Crippen molar-refractivity contribution in [2.24, 2.45) is 0 Å². The van der Waals surface area contributed by atoms with E-state index in [0.717, 1.165) is 40.1 Å². The van der Waals surface area contributed by atoms with Crippen molar-refractivity contribution in [1.29, 1.82) is 0 Å². The van der Waals surface area contributed by atoms with Crippen molar-refractivity contribution >= 4 is 23.2 Å². The molecule has 1 fully saturated rings. The van der Waals surface area contributed by atoms with E-state index in [9.17, 15) is 19.1 Å². The number of nitrogens with zero attached hydrogens (tertiary/aromatic N) is 4. The number of amides is 2. The van der Waals surface area contributed by atoms with Gasteiger partial charge in [0.05, 0.1) is 45.6 Å². The lowest BCUT2D eigenvalue weighted by molar-refractivity contribution is 0.0775. The van der Waals surface area contributed by atoms with E-state index in [1.165, 1.54) is 23.5 Å². The van der Waals surface area contributed by atoms with Crippen LogP contribution in [0.25, 0.3) is 21.9 Å². The molecule has 5 heterocycles. The molecule has 11 heteroatoms. The number of halogens is 1. The normalized spacial score (nSPS) is 19.8. The summed E-state index contributed by atoms with van der Waals surface area (Å²) in [5.41, 5.74) is 5.89. The van der Waals surface area contributed by atoms with Crippen LogP contribution in [0.5, 0.6) is 0 Å². The third-order valence-corrected chi connectivity index (χ3v) is 10.3. The molecule has 1 aliphatic carbocycles. The molecule has 2 N–H and O–H groups in total. The Hall–Kier alpha value is -4.74. The highest BCUT2D eigenvalue weighted by Gasteiger charge is 2.45. The Labute approximate surface area is 268 Å². The summed E-state index contributed by atoms with van der Waals surface area (Å²) in [5.74, 6) is -0.00155. The van der Waals surface area contributed by atoms with Gasteiger partial charge in [0.1, 0.15) is 5.82 Å². The fourth-order valence-corrected chi connectivity index (χ4v) is 8.06. The largest absolute Gasteiger partial charge is 0.421 e. The van der Waals surface area contributed by atoms with Crippen LogP contribution >= 0.6 is 11.3 Å². The minimum atomic E-state index is -0.631. The van der Waals surface area contributed by atoms with E-state index in [0.29, 0.717) is 59.0 Å². The average molecular weight is 636 g/mol. The third kappa shape index (κ3) is 4.81. The summed E-state index contributed by atoms with van der Waals surface area (Å²) in [6, 6.07) is 17.2. The molecule has 0 bridgehead atoms. The number of fused-ring (bicyclic) bond motifs is 4. The molecule has 5 aromatic rings. The molecule has 0 unspecified atom stereocenters. The highest BCUT2D eigenvalue weighted by Crippen LogP contribution is 2.49. The summed E-state index contributed by atoms with van der Waals surface area (Å²) < 4.78 is 19.6. The summed E-state index contributed by atoms with van der Waals surface area (Å²) >= 11 is 1.29. The third-order valence-electron chi connectivity index (χ3n) is 9.22. The number of aliphatic hydroxyl groups is 1. The number of carbonyl (C=O) groups is 2. The van der Waals surface area contributed by atoms with Gasteiger partial charge < -0.3 is 19.7 Å². The number of aromatic nitrogens is 3. The predicted molar refractivity (Wildman–Crippen MR) is 169 cm³/mol. The quantitative estimate of drug-likeness (QED) is 0.216. The Morgan fingerprint density at radius 3 is 2.63 bits per heavy atom. The van der Waals surface area contributed by atoms with Crippen LogP contribution in [0.1, 0.15) is 91.4 Å². The Morgan fingerprint density at radius 1 is 1.04 bits per heavy atom. The average Bonchev–Trinajstić information content (AvgIpc) is 3.89. The van der Waals surface area contributed by atoms with Crippen LogP contribution < -0.4 is 5.32 Å². The van der Waals surface area contributed by atoms with E-state index < -0.39 is 6.10 Å². The lowest BCUT2D eigenvalue weighted by Crippen LogP contribution is -2.26. The predicted octanol–water partition coefficient (Wildman–Crippen LogP) is 6.29. The van der Waals surface area contributed by atoms with Gasteiger partial charge in [0.15, 0.2) is 0 Å². The number of carbonyl (C=O) groups excluding carboxylic acids is 2. The van der Waals surface area contributed by atoms with Crippen molar-refractivity contribution in [3.8, 4) is 21.9 Å². The first-order valence-corrected chi connectivity index (χ1v) is 16.3. The number of benzene rings is 2. The van der Waals surface area contributed by atoms with Gasteiger partial charge in [-0.05, 0) is 66.6 Å². The fourth-order valence-electron chi connectivity index (χ4n) is 7.09. The van der Waals surface area contributed by atoms with Gasteiger partial charge in [0.25, 0.3) is 11.8 Å². The number of thiophene rings is 1. The molecular formula is C35H30FN5O4S. The second kappa shape index (κ2) is 11.3. The minimum Gasteiger partial charge on any atom is -0.421 e. The molecule has 3 atom stereocenters. The lowest BCUT2D eigenvalue weighted by Gasteiger charge is -2.16. The zero-order chi connectivity index (χ0) is 31.5. The Bertz CT molecular complexity index is 2000. The molecule has 2 amide bonds. The number of rotatable bonds is 7. The zero-order valence-electron chi connectivity index (χ0n) is 25.0. The Morgan fingerprint density at radius 2 is 1.85 bits per heavy atom. The number of nitrogens with one attached hydrogen (secondary N) is 1. The first-order chi connectivity index (χ1) is 22.4. The van der Waals surface area contributed by atoms with Gasteiger partial charge in [-0.2, -0.15) is 0 Å². The topological polar surface area (TPSA) is 121 Å². The summed E-state index contributed by atoms with van der Waals surface area (Å²) in [5, 5.41) is 22.1. The van der Waals surface area contributed by atoms with Crippen molar-refractivity contribution in [3.05, 3.63) is 111 Å². The number of hydrogen-bond donors (Lipinski definition) is 2. The molecule has 0 saturated carbocycles. The highest BCUT2D eigenvalue weighted by molar-refractivity contribution is 7.17. The van der Waals surface area contributed by atoms with Gasteiger partial charge in [0.2, 0.25) is 11.8 Å². The van der Waals surface area contributed by atoms with E-state index in [-0.39, 0.29) is 35.6 Å². The van der Waals surface area contributed by atoms with Gasteiger partial charge in [-0.1, -0.05) is 36.4 Å². The maximum absolute atomic E-state index is 14.0. The molecule has 0 spiro atoms. The Balaban J connectivity index is 1.22. The minimum absolute atomic E-state index is 0.0847. The fraction of sp³-hybridized carbons (Fsp3) is 0.286. The lowest BCUT2D eigenvalue weighted by atomic mass is 9.93. The van der Waals surface area contributed by atoms with E-state index in [4.69, 9.17) is 9.40 Å². The van der Waals surface area contributed by atoms with Crippen molar-refractivity contribution in [1.82, 2.24) is 25.4 Å². The first-order valence-electron chi connectivity index (χ1n) is 15.5. The van der Waals surface area contributed by atoms with Gasteiger partial charge in [-0.15, -0.1) is 21.5 Å². The summed E-state index contributed by atoms with van der Waals surface area (Å²) in [6.45, 7) is 2.37. The number of hydrogen-bond acceptors (Lipinski definition) is 8. The van der Waals surface area contributed by atoms with E-state index in [1.54, 1.807) is 25.1 Å². The molecule has 9 nitrogen and oxygen atoms in total. The van der Waals surface area contributed by atoms with Gasteiger partial charge in [-0.3, -0.25) is 14.6 Å².